The largest absolute Gasteiger partial charge is 0.448 e. The third-order valence-corrected chi connectivity index (χ3v) is 2.06. The molecule has 0 bridgehead atoms. The first-order valence-corrected chi connectivity index (χ1v) is 5.05. The predicted octanol–water partition coefficient (Wildman–Crippen LogP) is 2.15. The lowest BCUT2D eigenvalue weighted by molar-refractivity contribution is 0.146. The molecule has 1 heterocycles. The first-order chi connectivity index (χ1) is 5.88. The SMILES string of the molecule is CCOCCc1ocnc1CBr. The van der Waals surface area contributed by atoms with Crippen LogP contribution in [-0.4, -0.2) is 18.2 Å². The van der Waals surface area contributed by atoms with Crippen molar-refractivity contribution in [2.45, 2.75) is 18.7 Å². The van der Waals surface area contributed by atoms with Gasteiger partial charge >= 0.3 is 0 Å². The maximum absolute atomic E-state index is 5.20. The van der Waals surface area contributed by atoms with Gasteiger partial charge in [-0.25, -0.2) is 4.98 Å². The number of rotatable bonds is 5. The third kappa shape index (κ3) is 2.60. The Morgan fingerprint density at radius 1 is 1.67 bits per heavy atom. The number of ether oxygens (including phenoxy) is 1. The van der Waals surface area contributed by atoms with E-state index >= 15 is 0 Å². The Bertz CT molecular complexity index is 225. The second-order valence-corrected chi connectivity index (χ2v) is 2.86. The monoisotopic (exact) mass is 233 g/mol. The molecule has 3 nitrogen and oxygen atoms in total. The smallest absolute Gasteiger partial charge is 0.181 e. The molecule has 0 spiro atoms. The zero-order chi connectivity index (χ0) is 8.81. The van der Waals surface area contributed by atoms with Crippen LogP contribution in [0.5, 0.6) is 0 Å². The van der Waals surface area contributed by atoms with Crippen molar-refractivity contribution < 1.29 is 9.15 Å². The van der Waals surface area contributed by atoms with Gasteiger partial charge < -0.3 is 9.15 Å². The van der Waals surface area contributed by atoms with Crippen LogP contribution in [0.1, 0.15) is 18.4 Å². The van der Waals surface area contributed by atoms with Gasteiger partial charge in [-0.2, -0.15) is 0 Å². The quantitative estimate of drug-likeness (QED) is 0.578. The van der Waals surface area contributed by atoms with Crippen LogP contribution in [0, 0.1) is 0 Å². The molecule has 0 saturated carbocycles. The van der Waals surface area contributed by atoms with Gasteiger partial charge in [-0.15, -0.1) is 0 Å². The summed E-state index contributed by atoms with van der Waals surface area (Å²) in [7, 11) is 0. The van der Waals surface area contributed by atoms with Crippen molar-refractivity contribution in [3.8, 4) is 0 Å². The van der Waals surface area contributed by atoms with E-state index in [1.165, 1.54) is 6.39 Å². The maximum atomic E-state index is 5.20. The molecule has 0 radical (unpaired) electrons. The molecule has 1 aromatic rings. The lowest BCUT2D eigenvalue weighted by atomic mass is 10.3. The molecule has 0 atom stereocenters. The highest BCUT2D eigenvalue weighted by Gasteiger charge is 2.05. The molecule has 0 aromatic carbocycles. The Labute approximate surface area is 80.3 Å². The number of hydrogen-bond acceptors (Lipinski definition) is 3. The van der Waals surface area contributed by atoms with E-state index in [9.17, 15) is 0 Å². The van der Waals surface area contributed by atoms with Gasteiger partial charge in [0.2, 0.25) is 0 Å². The van der Waals surface area contributed by atoms with Crippen LogP contribution in [0.4, 0.5) is 0 Å². The molecule has 0 N–H and O–H groups in total. The van der Waals surface area contributed by atoms with Crippen LogP contribution in [-0.2, 0) is 16.5 Å². The minimum atomic E-state index is 0.700. The van der Waals surface area contributed by atoms with Gasteiger partial charge in [-0.3, -0.25) is 0 Å². The van der Waals surface area contributed by atoms with E-state index in [1.807, 2.05) is 6.92 Å². The van der Waals surface area contributed by atoms with Crippen molar-refractivity contribution in [3.05, 3.63) is 17.8 Å². The van der Waals surface area contributed by atoms with E-state index in [2.05, 4.69) is 20.9 Å². The molecule has 1 rings (SSSR count). The fraction of sp³-hybridized carbons (Fsp3) is 0.625. The summed E-state index contributed by atoms with van der Waals surface area (Å²) in [5.41, 5.74) is 0.967. The topological polar surface area (TPSA) is 35.3 Å². The molecule has 4 heteroatoms. The van der Waals surface area contributed by atoms with Gasteiger partial charge in [0.25, 0.3) is 0 Å². The maximum Gasteiger partial charge on any atom is 0.181 e. The van der Waals surface area contributed by atoms with Crippen molar-refractivity contribution >= 4 is 15.9 Å². The highest BCUT2D eigenvalue weighted by molar-refractivity contribution is 9.08. The lowest BCUT2D eigenvalue weighted by Crippen LogP contribution is -1.98. The van der Waals surface area contributed by atoms with Gasteiger partial charge in [-0.05, 0) is 6.92 Å². The summed E-state index contributed by atoms with van der Waals surface area (Å²) in [5, 5.41) is 0.741. The Morgan fingerprint density at radius 3 is 3.17 bits per heavy atom. The molecule has 0 aliphatic carbocycles. The van der Waals surface area contributed by atoms with Crippen molar-refractivity contribution in [1.29, 1.82) is 0 Å². The summed E-state index contributed by atoms with van der Waals surface area (Å²) in [6.07, 6.45) is 2.27. The van der Waals surface area contributed by atoms with Gasteiger partial charge in [0, 0.05) is 18.4 Å². The van der Waals surface area contributed by atoms with Crippen molar-refractivity contribution in [2.24, 2.45) is 0 Å². The molecule has 0 amide bonds. The van der Waals surface area contributed by atoms with E-state index in [4.69, 9.17) is 9.15 Å². The summed E-state index contributed by atoms with van der Waals surface area (Å²) >= 11 is 3.33. The van der Waals surface area contributed by atoms with Crippen LogP contribution in [0.3, 0.4) is 0 Å². The van der Waals surface area contributed by atoms with Crippen molar-refractivity contribution in [1.82, 2.24) is 4.98 Å². The number of nitrogens with zero attached hydrogens (tertiary/aromatic N) is 1. The van der Waals surface area contributed by atoms with Gasteiger partial charge in [0.1, 0.15) is 5.76 Å². The summed E-state index contributed by atoms with van der Waals surface area (Å²) in [6.45, 7) is 3.43. The van der Waals surface area contributed by atoms with Crippen LogP contribution in [0.15, 0.2) is 10.8 Å². The molecule has 0 aliphatic heterocycles. The average molecular weight is 234 g/mol. The van der Waals surface area contributed by atoms with E-state index in [-0.39, 0.29) is 0 Å². The highest BCUT2D eigenvalue weighted by atomic mass is 79.9. The minimum absolute atomic E-state index is 0.700. The van der Waals surface area contributed by atoms with E-state index in [0.29, 0.717) is 6.61 Å². The first-order valence-electron chi connectivity index (χ1n) is 3.93. The van der Waals surface area contributed by atoms with E-state index < -0.39 is 0 Å². The zero-order valence-corrected chi connectivity index (χ0v) is 8.63. The van der Waals surface area contributed by atoms with Gasteiger partial charge in [-0.1, -0.05) is 15.9 Å². The van der Waals surface area contributed by atoms with Crippen molar-refractivity contribution in [3.63, 3.8) is 0 Å². The molecular formula is C8H12BrNO2. The van der Waals surface area contributed by atoms with Crippen molar-refractivity contribution in [2.75, 3.05) is 13.2 Å². The third-order valence-electron chi connectivity index (χ3n) is 1.53. The Kier molecular flexibility index (Phi) is 4.32. The van der Waals surface area contributed by atoms with Crippen LogP contribution >= 0.6 is 15.9 Å². The fourth-order valence-electron chi connectivity index (χ4n) is 0.915. The molecule has 1 aromatic heterocycles. The van der Waals surface area contributed by atoms with Gasteiger partial charge in [0.05, 0.1) is 12.3 Å². The predicted molar refractivity (Wildman–Crippen MR) is 49.3 cm³/mol. The highest BCUT2D eigenvalue weighted by Crippen LogP contribution is 2.10. The molecular weight excluding hydrogens is 222 g/mol. The summed E-state index contributed by atoms with van der Waals surface area (Å²) in [5.74, 6) is 0.917. The number of alkyl halides is 1. The van der Waals surface area contributed by atoms with Crippen LogP contribution < -0.4 is 0 Å². The standard InChI is InChI=1S/C8H12BrNO2/c1-2-11-4-3-8-7(5-9)10-6-12-8/h6H,2-5H2,1H3. The van der Waals surface area contributed by atoms with Gasteiger partial charge in [0.15, 0.2) is 6.39 Å². The normalized spacial score (nSPS) is 10.5. The second kappa shape index (κ2) is 5.32. The number of oxazole rings is 1. The zero-order valence-electron chi connectivity index (χ0n) is 7.05. The molecule has 68 valence electrons. The summed E-state index contributed by atoms with van der Waals surface area (Å²) in [4.78, 5) is 4.04. The lowest BCUT2D eigenvalue weighted by Gasteiger charge is -1.98. The molecule has 0 fully saturated rings. The molecule has 0 aliphatic rings. The first kappa shape index (κ1) is 9.74. The van der Waals surface area contributed by atoms with Crippen LogP contribution in [0.25, 0.3) is 0 Å². The number of aromatic nitrogens is 1. The molecule has 0 unspecified atom stereocenters. The Morgan fingerprint density at radius 2 is 2.50 bits per heavy atom. The number of halogens is 1. The molecule has 0 saturated heterocycles. The average Bonchev–Trinajstić information content (AvgIpc) is 2.52. The molecule has 12 heavy (non-hydrogen) atoms. The van der Waals surface area contributed by atoms with Crippen LogP contribution in [0.2, 0.25) is 0 Å². The minimum Gasteiger partial charge on any atom is -0.448 e. The van der Waals surface area contributed by atoms with E-state index in [1.54, 1.807) is 0 Å². The second-order valence-electron chi connectivity index (χ2n) is 2.30. The number of hydrogen-bond donors (Lipinski definition) is 0. The van der Waals surface area contributed by atoms with E-state index in [0.717, 1.165) is 29.8 Å². The Hall–Kier alpha value is -0.350. The Balaban J connectivity index is 2.39. The fourth-order valence-corrected chi connectivity index (χ4v) is 1.37. The summed E-state index contributed by atoms with van der Waals surface area (Å²) < 4.78 is 10.4. The summed E-state index contributed by atoms with van der Waals surface area (Å²) in [6, 6.07) is 0.